The van der Waals surface area contributed by atoms with Gasteiger partial charge in [0.1, 0.15) is 6.61 Å². The molecule has 1 aliphatic rings. The molecule has 0 saturated carbocycles. The lowest BCUT2D eigenvalue weighted by Crippen LogP contribution is -2.35. The molecule has 1 aromatic rings. The zero-order chi connectivity index (χ0) is 15.6. The van der Waals surface area contributed by atoms with Crippen LogP contribution in [0.1, 0.15) is 53.7 Å². The van der Waals surface area contributed by atoms with E-state index in [1.54, 1.807) is 0 Å². The lowest BCUT2D eigenvalue weighted by Gasteiger charge is -2.31. The van der Waals surface area contributed by atoms with E-state index in [0.29, 0.717) is 0 Å². The van der Waals surface area contributed by atoms with Crippen molar-refractivity contribution >= 4 is 5.78 Å². The summed E-state index contributed by atoms with van der Waals surface area (Å²) >= 11 is 0. The second kappa shape index (κ2) is 6.71. The summed E-state index contributed by atoms with van der Waals surface area (Å²) in [6.07, 6.45) is 2.26. The number of rotatable bonds is 4. The summed E-state index contributed by atoms with van der Waals surface area (Å²) in [7, 11) is 0. The first-order chi connectivity index (χ1) is 9.86. The van der Waals surface area contributed by atoms with Crippen LogP contribution in [0.15, 0.2) is 12.1 Å². The van der Waals surface area contributed by atoms with Crippen LogP contribution in [0.5, 0.6) is 0 Å². The van der Waals surface area contributed by atoms with Gasteiger partial charge in [0.05, 0.1) is 18.3 Å². The van der Waals surface area contributed by atoms with Crippen molar-refractivity contribution in [1.29, 1.82) is 0 Å². The lowest BCUT2D eigenvalue weighted by molar-refractivity contribution is -0.0975. The first kappa shape index (κ1) is 16.2. The van der Waals surface area contributed by atoms with Crippen LogP contribution in [0, 0.1) is 20.8 Å². The third-order valence-electron chi connectivity index (χ3n) is 4.06. The molecule has 1 fully saturated rings. The van der Waals surface area contributed by atoms with Gasteiger partial charge >= 0.3 is 0 Å². The predicted octanol–water partition coefficient (Wildman–Crippen LogP) is 3.77. The molecule has 1 heterocycles. The topological polar surface area (TPSA) is 35.5 Å². The highest BCUT2D eigenvalue weighted by Crippen LogP contribution is 2.22. The van der Waals surface area contributed by atoms with E-state index in [1.807, 2.05) is 13.8 Å². The minimum Gasteiger partial charge on any atom is -0.375 e. The third-order valence-corrected chi connectivity index (χ3v) is 4.06. The van der Waals surface area contributed by atoms with Crippen molar-refractivity contribution in [1.82, 2.24) is 0 Å². The molecule has 0 amide bonds. The van der Waals surface area contributed by atoms with Gasteiger partial charge in [-0.2, -0.15) is 0 Å². The Morgan fingerprint density at radius 3 is 2.19 bits per heavy atom. The van der Waals surface area contributed by atoms with Crippen molar-refractivity contribution in [2.24, 2.45) is 0 Å². The highest BCUT2D eigenvalue weighted by atomic mass is 16.5. The first-order valence-electron chi connectivity index (χ1n) is 7.75. The molecule has 21 heavy (non-hydrogen) atoms. The average Bonchev–Trinajstić information content (AvgIpc) is 2.34. The molecule has 3 heteroatoms. The summed E-state index contributed by atoms with van der Waals surface area (Å²) in [4.78, 5) is 12.4. The fourth-order valence-corrected chi connectivity index (χ4v) is 3.37. The second-order valence-corrected chi connectivity index (χ2v) is 6.36. The van der Waals surface area contributed by atoms with Crippen LogP contribution in [0.2, 0.25) is 0 Å². The highest BCUT2D eigenvalue weighted by Gasteiger charge is 2.26. The Morgan fingerprint density at radius 1 is 1.14 bits per heavy atom. The molecule has 116 valence electrons. The van der Waals surface area contributed by atoms with Gasteiger partial charge in [-0.05, 0) is 58.6 Å². The van der Waals surface area contributed by atoms with E-state index in [9.17, 15) is 4.79 Å². The van der Waals surface area contributed by atoms with Crippen LogP contribution in [0.25, 0.3) is 0 Å². The summed E-state index contributed by atoms with van der Waals surface area (Å²) in [5.74, 6) is 0.0804. The number of carbonyl (C=O) groups excluding carboxylic acids is 1. The monoisotopic (exact) mass is 290 g/mol. The summed E-state index contributed by atoms with van der Waals surface area (Å²) in [6, 6.07) is 4.11. The zero-order valence-corrected chi connectivity index (χ0v) is 13.7. The van der Waals surface area contributed by atoms with E-state index in [2.05, 4.69) is 32.9 Å². The minimum absolute atomic E-state index is 0.0804. The van der Waals surface area contributed by atoms with Crippen molar-refractivity contribution in [2.75, 3.05) is 6.61 Å². The summed E-state index contributed by atoms with van der Waals surface area (Å²) < 4.78 is 11.5. The summed E-state index contributed by atoms with van der Waals surface area (Å²) in [5.41, 5.74) is 4.08. The van der Waals surface area contributed by atoms with Crippen molar-refractivity contribution in [2.45, 2.75) is 65.8 Å². The van der Waals surface area contributed by atoms with E-state index in [1.165, 1.54) is 5.56 Å². The van der Waals surface area contributed by atoms with Crippen molar-refractivity contribution in [3.8, 4) is 0 Å². The number of ether oxygens (including phenoxy) is 2. The molecule has 0 aromatic heterocycles. The molecule has 3 nitrogen and oxygen atoms in total. The molecule has 0 aliphatic carbocycles. The van der Waals surface area contributed by atoms with Gasteiger partial charge in [-0.15, -0.1) is 0 Å². The van der Waals surface area contributed by atoms with E-state index >= 15 is 0 Å². The molecule has 0 N–H and O–H groups in total. The van der Waals surface area contributed by atoms with Gasteiger partial charge in [-0.3, -0.25) is 4.79 Å². The maximum absolute atomic E-state index is 12.4. The summed E-state index contributed by atoms with van der Waals surface area (Å²) in [6.45, 7) is 10.3. The molecule has 1 saturated heterocycles. The highest BCUT2D eigenvalue weighted by molar-refractivity contribution is 5.99. The van der Waals surface area contributed by atoms with Crippen LogP contribution >= 0.6 is 0 Å². The van der Waals surface area contributed by atoms with Crippen molar-refractivity contribution < 1.29 is 14.3 Å². The minimum atomic E-state index is 0.0804. The van der Waals surface area contributed by atoms with Gasteiger partial charge < -0.3 is 9.47 Å². The number of Topliss-reactive ketones (excluding diaryl/α,β-unsaturated/α-hetero) is 1. The Balaban J connectivity index is 1.99. The zero-order valence-electron chi connectivity index (χ0n) is 13.7. The van der Waals surface area contributed by atoms with Crippen molar-refractivity contribution in [3.63, 3.8) is 0 Å². The maximum Gasteiger partial charge on any atom is 0.189 e. The molecule has 0 spiro atoms. The van der Waals surface area contributed by atoms with Gasteiger partial charge in [0.2, 0.25) is 0 Å². The fraction of sp³-hybridized carbons (Fsp3) is 0.611. The van der Waals surface area contributed by atoms with E-state index in [0.717, 1.165) is 29.5 Å². The molecule has 0 bridgehead atoms. The SMILES string of the molecule is Cc1cc(C)c(C(=O)COC2CC(C)OC(C)C2)c(C)c1. The van der Waals surface area contributed by atoms with Gasteiger partial charge in [0.15, 0.2) is 5.78 Å². The molecular formula is C18H26O3. The van der Waals surface area contributed by atoms with Gasteiger partial charge in [0, 0.05) is 5.56 Å². The van der Waals surface area contributed by atoms with E-state index < -0.39 is 0 Å². The average molecular weight is 290 g/mol. The molecule has 2 atom stereocenters. The molecule has 1 aliphatic heterocycles. The Morgan fingerprint density at radius 2 is 1.67 bits per heavy atom. The number of ketones is 1. The van der Waals surface area contributed by atoms with Crippen LogP contribution in [-0.4, -0.2) is 30.7 Å². The molecule has 0 radical (unpaired) electrons. The summed E-state index contributed by atoms with van der Waals surface area (Å²) in [5, 5.41) is 0. The normalized spacial score (nSPS) is 25.9. The Bertz CT molecular complexity index is 488. The quantitative estimate of drug-likeness (QED) is 0.792. The molecule has 1 aromatic carbocycles. The van der Waals surface area contributed by atoms with Gasteiger partial charge in [0.25, 0.3) is 0 Å². The second-order valence-electron chi connectivity index (χ2n) is 6.36. The maximum atomic E-state index is 12.4. The predicted molar refractivity (Wildman–Crippen MR) is 84.0 cm³/mol. The number of carbonyl (C=O) groups is 1. The van der Waals surface area contributed by atoms with Gasteiger partial charge in [-0.1, -0.05) is 17.7 Å². The Hall–Kier alpha value is -1.19. The fourth-order valence-electron chi connectivity index (χ4n) is 3.37. The van der Waals surface area contributed by atoms with Crippen LogP contribution in [0.3, 0.4) is 0 Å². The van der Waals surface area contributed by atoms with Crippen molar-refractivity contribution in [3.05, 3.63) is 34.4 Å². The number of aryl methyl sites for hydroxylation is 3. The van der Waals surface area contributed by atoms with Crippen LogP contribution in [0.4, 0.5) is 0 Å². The molecule has 2 rings (SSSR count). The van der Waals surface area contributed by atoms with Gasteiger partial charge in [-0.25, -0.2) is 0 Å². The molecular weight excluding hydrogens is 264 g/mol. The Labute approximate surface area is 127 Å². The molecule has 2 unspecified atom stereocenters. The third kappa shape index (κ3) is 4.14. The number of hydrogen-bond donors (Lipinski definition) is 0. The number of hydrogen-bond acceptors (Lipinski definition) is 3. The van der Waals surface area contributed by atoms with Crippen LogP contribution in [-0.2, 0) is 9.47 Å². The van der Waals surface area contributed by atoms with E-state index in [-0.39, 0.29) is 30.7 Å². The largest absolute Gasteiger partial charge is 0.375 e. The first-order valence-corrected chi connectivity index (χ1v) is 7.75. The van der Waals surface area contributed by atoms with Crippen LogP contribution < -0.4 is 0 Å². The smallest absolute Gasteiger partial charge is 0.189 e. The lowest BCUT2D eigenvalue weighted by atomic mass is 9.97. The number of benzene rings is 1. The Kier molecular flexibility index (Phi) is 5.17. The standard InChI is InChI=1S/C18H26O3/c1-11-6-12(2)18(13(3)7-11)17(19)10-20-16-8-14(4)21-15(5)9-16/h6-7,14-16H,8-10H2,1-5H3. The van der Waals surface area contributed by atoms with E-state index in [4.69, 9.17) is 9.47 Å².